The van der Waals surface area contributed by atoms with Crippen LogP contribution in [0.4, 0.5) is 0 Å². The van der Waals surface area contributed by atoms with Crippen LogP contribution in [0, 0.1) is 5.92 Å². The molecule has 1 unspecified atom stereocenters. The van der Waals surface area contributed by atoms with Crippen molar-refractivity contribution < 1.29 is 14.0 Å². The maximum absolute atomic E-state index is 12.7. The SMILES string of the molecule is Cn1cc(CC2CC(=O)N(Cc3c(Cl)oc4ccccc34)C2=O)cn1. The minimum atomic E-state index is -0.353. The van der Waals surface area contributed by atoms with Crippen molar-refractivity contribution in [1.82, 2.24) is 14.7 Å². The predicted molar refractivity (Wildman–Crippen MR) is 91.8 cm³/mol. The van der Waals surface area contributed by atoms with Crippen LogP contribution in [0.3, 0.4) is 0 Å². The molecule has 0 spiro atoms. The standard InChI is InChI=1S/C18H16ClN3O3/c1-21-9-11(8-20-21)6-12-7-16(23)22(18(12)24)10-14-13-4-2-3-5-15(13)25-17(14)19/h2-5,8-9,12H,6-7,10H2,1H3. The molecule has 0 bridgehead atoms. The van der Waals surface area contributed by atoms with Crippen LogP contribution in [0.25, 0.3) is 11.0 Å². The maximum Gasteiger partial charge on any atom is 0.233 e. The van der Waals surface area contributed by atoms with Crippen molar-refractivity contribution >= 4 is 34.4 Å². The van der Waals surface area contributed by atoms with Gasteiger partial charge in [-0.2, -0.15) is 5.10 Å². The second-order valence-electron chi connectivity index (χ2n) is 6.30. The number of fused-ring (bicyclic) bond motifs is 1. The van der Waals surface area contributed by atoms with Crippen molar-refractivity contribution in [3.05, 3.63) is 53.0 Å². The Hall–Kier alpha value is -2.60. The molecule has 4 rings (SSSR count). The molecule has 1 atom stereocenters. The van der Waals surface area contributed by atoms with E-state index in [1.807, 2.05) is 37.5 Å². The third-order valence-electron chi connectivity index (χ3n) is 4.54. The molecule has 3 aromatic rings. The van der Waals surface area contributed by atoms with Gasteiger partial charge in [0.05, 0.1) is 18.7 Å². The largest absolute Gasteiger partial charge is 0.444 e. The summed E-state index contributed by atoms with van der Waals surface area (Å²) in [6.45, 7) is 0.136. The molecule has 0 saturated carbocycles. The monoisotopic (exact) mass is 357 g/mol. The van der Waals surface area contributed by atoms with Crippen LogP contribution in [-0.4, -0.2) is 26.5 Å². The number of amides is 2. The van der Waals surface area contributed by atoms with Crippen LogP contribution in [-0.2, 0) is 29.6 Å². The maximum atomic E-state index is 12.7. The molecule has 1 aliphatic heterocycles. The van der Waals surface area contributed by atoms with E-state index in [0.29, 0.717) is 17.6 Å². The van der Waals surface area contributed by atoms with Gasteiger partial charge in [0, 0.05) is 30.6 Å². The van der Waals surface area contributed by atoms with Gasteiger partial charge in [-0.1, -0.05) is 18.2 Å². The van der Waals surface area contributed by atoms with E-state index in [1.165, 1.54) is 4.90 Å². The lowest BCUT2D eigenvalue weighted by Crippen LogP contribution is -2.30. The Bertz CT molecular complexity index is 975. The molecule has 0 N–H and O–H groups in total. The van der Waals surface area contributed by atoms with Crippen LogP contribution >= 0.6 is 11.6 Å². The molecule has 128 valence electrons. The molecule has 1 aliphatic rings. The van der Waals surface area contributed by atoms with Crippen LogP contribution in [0.5, 0.6) is 0 Å². The highest BCUT2D eigenvalue weighted by Crippen LogP contribution is 2.33. The lowest BCUT2D eigenvalue weighted by atomic mass is 10.0. The van der Waals surface area contributed by atoms with Crippen LogP contribution in [0.1, 0.15) is 17.5 Å². The number of hydrogen-bond acceptors (Lipinski definition) is 4. The first-order chi connectivity index (χ1) is 12.0. The molecule has 3 heterocycles. The smallest absolute Gasteiger partial charge is 0.233 e. The molecule has 7 heteroatoms. The summed E-state index contributed by atoms with van der Waals surface area (Å²) < 4.78 is 7.20. The summed E-state index contributed by atoms with van der Waals surface area (Å²) in [6, 6.07) is 7.40. The van der Waals surface area contributed by atoms with Gasteiger partial charge in [0.1, 0.15) is 5.58 Å². The van der Waals surface area contributed by atoms with Crippen LogP contribution < -0.4 is 0 Å². The highest BCUT2D eigenvalue weighted by molar-refractivity contribution is 6.30. The van der Waals surface area contributed by atoms with Gasteiger partial charge < -0.3 is 4.42 Å². The minimum absolute atomic E-state index is 0.136. The number of aryl methyl sites for hydroxylation is 1. The van der Waals surface area contributed by atoms with Crippen LogP contribution in [0.15, 0.2) is 41.1 Å². The zero-order chi connectivity index (χ0) is 17.6. The van der Waals surface area contributed by atoms with Crippen molar-refractivity contribution in [2.24, 2.45) is 13.0 Å². The molecule has 25 heavy (non-hydrogen) atoms. The Morgan fingerprint density at radius 1 is 1.32 bits per heavy atom. The summed E-state index contributed by atoms with van der Waals surface area (Å²) in [5, 5.41) is 5.15. The number of rotatable bonds is 4. The van der Waals surface area contributed by atoms with Gasteiger partial charge in [-0.3, -0.25) is 19.2 Å². The first kappa shape index (κ1) is 15.9. The van der Waals surface area contributed by atoms with E-state index < -0.39 is 0 Å². The number of para-hydroxylation sites is 1. The number of aromatic nitrogens is 2. The molecule has 1 aromatic carbocycles. The van der Waals surface area contributed by atoms with E-state index in [-0.39, 0.29) is 35.9 Å². The second-order valence-corrected chi connectivity index (χ2v) is 6.64. The Morgan fingerprint density at radius 3 is 2.88 bits per heavy atom. The zero-order valence-corrected chi connectivity index (χ0v) is 14.4. The number of carbonyl (C=O) groups excluding carboxylic acids is 2. The third kappa shape index (κ3) is 2.82. The predicted octanol–water partition coefficient (Wildman–Crippen LogP) is 2.94. The first-order valence-corrected chi connectivity index (χ1v) is 8.38. The first-order valence-electron chi connectivity index (χ1n) is 8.00. The van der Waals surface area contributed by atoms with Gasteiger partial charge in [-0.05, 0) is 29.7 Å². The van der Waals surface area contributed by atoms with Gasteiger partial charge in [-0.25, -0.2) is 0 Å². The van der Waals surface area contributed by atoms with Gasteiger partial charge in [-0.15, -0.1) is 0 Å². The zero-order valence-electron chi connectivity index (χ0n) is 13.6. The fraction of sp³-hybridized carbons (Fsp3) is 0.278. The Balaban J connectivity index is 1.57. The minimum Gasteiger partial charge on any atom is -0.444 e. The van der Waals surface area contributed by atoms with E-state index in [0.717, 1.165) is 10.9 Å². The summed E-state index contributed by atoms with van der Waals surface area (Å²) >= 11 is 6.18. The number of halogens is 1. The topological polar surface area (TPSA) is 68.3 Å². The quantitative estimate of drug-likeness (QED) is 0.673. The molecule has 2 aromatic heterocycles. The summed E-state index contributed by atoms with van der Waals surface area (Å²) in [7, 11) is 1.82. The fourth-order valence-electron chi connectivity index (χ4n) is 3.31. The lowest BCUT2D eigenvalue weighted by Gasteiger charge is -2.14. The van der Waals surface area contributed by atoms with Gasteiger partial charge in [0.25, 0.3) is 0 Å². The number of likely N-dealkylation sites (tertiary alicyclic amines) is 1. The average molecular weight is 358 g/mol. The van der Waals surface area contributed by atoms with E-state index >= 15 is 0 Å². The number of hydrogen-bond donors (Lipinski definition) is 0. The molecule has 0 aliphatic carbocycles. The highest BCUT2D eigenvalue weighted by atomic mass is 35.5. The number of nitrogens with zero attached hydrogens (tertiary/aromatic N) is 3. The Morgan fingerprint density at radius 2 is 2.12 bits per heavy atom. The van der Waals surface area contributed by atoms with E-state index in [9.17, 15) is 9.59 Å². The van der Waals surface area contributed by atoms with E-state index in [1.54, 1.807) is 10.9 Å². The van der Waals surface area contributed by atoms with Crippen LogP contribution in [0.2, 0.25) is 5.22 Å². The van der Waals surface area contributed by atoms with Crippen molar-refractivity contribution in [3.63, 3.8) is 0 Å². The highest BCUT2D eigenvalue weighted by Gasteiger charge is 2.39. The summed E-state index contributed by atoms with van der Waals surface area (Å²) in [4.78, 5) is 26.4. The molecular weight excluding hydrogens is 342 g/mol. The summed E-state index contributed by atoms with van der Waals surface area (Å²) in [5.74, 6) is -0.705. The number of imide groups is 1. The van der Waals surface area contributed by atoms with E-state index in [4.69, 9.17) is 16.0 Å². The van der Waals surface area contributed by atoms with Gasteiger partial charge >= 0.3 is 0 Å². The Labute approximate surface area is 149 Å². The van der Waals surface area contributed by atoms with Gasteiger partial charge in [0.2, 0.25) is 11.8 Å². The molecule has 6 nitrogen and oxygen atoms in total. The second kappa shape index (κ2) is 6.04. The van der Waals surface area contributed by atoms with Gasteiger partial charge in [0.15, 0.2) is 5.22 Å². The normalized spacial score (nSPS) is 17.8. The van der Waals surface area contributed by atoms with Crippen molar-refractivity contribution in [1.29, 1.82) is 0 Å². The third-order valence-corrected chi connectivity index (χ3v) is 4.85. The van der Waals surface area contributed by atoms with Crippen molar-refractivity contribution in [3.8, 4) is 0 Å². The van der Waals surface area contributed by atoms with Crippen molar-refractivity contribution in [2.75, 3.05) is 0 Å². The average Bonchev–Trinajstić information content (AvgIpc) is 3.21. The Kier molecular flexibility index (Phi) is 3.84. The molecular formula is C18H16ClN3O3. The molecule has 0 radical (unpaired) electrons. The van der Waals surface area contributed by atoms with E-state index in [2.05, 4.69) is 5.10 Å². The molecule has 1 saturated heterocycles. The van der Waals surface area contributed by atoms with Crippen molar-refractivity contribution in [2.45, 2.75) is 19.4 Å². The fourth-order valence-corrected chi connectivity index (χ4v) is 3.56. The lowest BCUT2D eigenvalue weighted by molar-refractivity contribution is -0.140. The summed E-state index contributed by atoms with van der Waals surface area (Å²) in [6.07, 6.45) is 4.30. The number of furan rings is 1. The molecule has 2 amide bonds. The number of carbonyl (C=O) groups is 2. The molecule has 1 fully saturated rings. The summed E-state index contributed by atoms with van der Waals surface area (Å²) in [5.41, 5.74) is 2.26. The number of benzene rings is 1.